The molecule has 0 aromatic rings. The van der Waals surface area contributed by atoms with Gasteiger partial charge in [-0.1, -0.05) is 26.2 Å². The highest BCUT2D eigenvalue weighted by Crippen LogP contribution is 2.32. The smallest absolute Gasteiger partial charge is 0.397 e. The van der Waals surface area contributed by atoms with Gasteiger partial charge < -0.3 is 14.5 Å². The molecule has 0 saturated carbocycles. The maximum absolute atomic E-state index is 12.2. The highest BCUT2D eigenvalue weighted by atomic mass is 16.5. The number of hydrogen-bond acceptors (Lipinski definition) is 4. The van der Waals surface area contributed by atoms with Crippen LogP contribution in [0.2, 0.25) is 0 Å². The monoisotopic (exact) mass is 338 g/mol. The van der Waals surface area contributed by atoms with Crippen LogP contribution in [0.1, 0.15) is 58.3 Å². The molecule has 5 heteroatoms. The van der Waals surface area contributed by atoms with Gasteiger partial charge in [0, 0.05) is 13.1 Å². The number of likely N-dealkylation sites (tertiary alicyclic amines) is 2. The van der Waals surface area contributed by atoms with E-state index in [2.05, 4.69) is 18.9 Å². The van der Waals surface area contributed by atoms with Gasteiger partial charge in [0.25, 0.3) is 0 Å². The lowest BCUT2D eigenvalue weighted by Gasteiger charge is -2.39. The van der Waals surface area contributed by atoms with Gasteiger partial charge in [0.05, 0.1) is 6.61 Å². The van der Waals surface area contributed by atoms with E-state index in [4.69, 9.17) is 4.74 Å². The van der Waals surface area contributed by atoms with Gasteiger partial charge in [-0.15, -0.1) is 0 Å². The minimum Gasteiger partial charge on any atom is -0.459 e. The van der Waals surface area contributed by atoms with Crippen molar-refractivity contribution in [3.05, 3.63) is 0 Å². The molecule has 0 radical (unpaired) electrons. The predicted molar refractivity (Wildman–Crippen MR) is 94.6 cm³/mol. The number of esters is 1. The van der Waals surface area contributed by atoms with Crippen molar-refractivity contribution in [1.29, 1.82) is 0 Å². The van der Waals surface area contributed by atoms with Gasteiger partial charge in [-0.2, -0.15) is 0 Å². The summed E-state index contributed by atoms with van der Waals surface area (Å²) in [5, 5.41) is 0. The Bertz CT molecular complexity index is 397. The fourth-order valence-corrected chi connectivity index (χ4v) is 3.96. The second kappa shape index (κ2) is 10.0. The zero-order valence-corrected chi connectivity index (χ0v) is 15.5. The standard InChI is InChI=1S/C19H34N2O3/c1-3-4-5-6-15-24-19(23)18(22)21-13-9-17(10-14-21)16-7-11-20(2)12-8-16/h16-17H,3-15H2,1-2H3. The van der Waals surface area contributed by atoms with Crippen LogP contribution < -0.4 is 0 Å². The highest BCUT2D eigenvalue weighted by Gasteiger charge is 2.32. The molecule has 24 heavy (non-hydrogen) atoms. The molecule has 138 valence electrons. The number of hydrogen-bond donors (Lipinski definition) is 0. The number of amides is 1. The largest absolute Gasteiger partial charge is 0.459 e. The predicted octanol–water partition coefficient (Wildman–Crippen LogP) is 2.69. The fraction of sp³-hybridized carbons (Fsp3) is 0.895. The lowest BCUT2D eigenvalue weighted by molar-refractivity contribution is -0.161. The maximum atomic E-state index is 12.2. The first-order chi connectivity index (χ1) is 11.6. The molecule has 0 N–H and O–H groups in total. The lowest BCUT2D eigenvalue weighted by atomic mass is 9.79. The minimum atomic E-state index is -0.663. The van der Waals surface area contributed by atoms with Crippen LogP contribution in [-0.2, 0) is 14.3 Å². The third-order valence-electron chi connectivity index (χ3n) is 5.66. The maximum Gasteiger partial charge on any atom is 0.397 e. The second-order valence-corrected chi connectivity index (χ2v) is 7.47. The number of piperidine rings is 2. The summed E-state index contributed by atoms with van der Waals surface area (Å²) in [5.41, 5.74) is 0. The Morgan fingerprint density at radius 3 is 2.08 bits per heavy atom. The van der Waals surface area contributed by atoms with Crippen LogP contribution in [0.3, 0.4) is 0 Å². The lowest BCUT2D eigenvalue weighted by Crippen LogP contribution is -2.45. The van der Waals surface area contributed by atoms with E-state index < -0.39 is 11.9 Å². The Hall–Kier alpha value is -1.10. The Morgan fingerprint density at radius 2 is 1.50 bits per heavy atom. The van der Waals surface area contributed by atoms with Crippen molar-refractivity contribution in [2.75, 3.05) is 39.8 Å². The second-order valence-electron chi connectivity index (χ2n) is 7.47. The summed E-state index contributed by atoms with van der Waals surface area (Å²) in [5.74, 6) is 0.411. The Kier molecular flexibility index (Phi) is 8.03. The number of carbonyl (C=O) groups excluding carboxylic acids is 2. The molecule has 5 nitrogen and oxygen atoms in total. The van der Waals surface area contributed by atoms with Gasteiger partial charge in [-0.3, -0.25) is 4.79 Å². The SMILES string of the molecule is CCCCCCOC(=O)C(=O)N1CCC(C2CCN(C)CC2)CC1. The number of ether oxygens (including phenoxy) is 1. The molecule has 2 aliphatic heterocycles. The van der Waals surface area contributed by atoms with E-state index in [1.165, 1.54) is 25.9 Å². The average molecular weight is 338 g/mol. The molecule has 0 unspecified atom stereocenters. The molecule has 2 saturated heterocycles. The summed E-state index contributed by atoms with van der Waals surface area (Å²) < 4.78 is 5.12. The van der Waals surface area contributed by atoms with Crippen LogP contribution in [0.15, 0.2) is 0 Å². The fourth-order valence-electron chi connectivity index (χ4n) is 3.96. The van der Waals surface area contributed by atoms with E-state index in [0.717, 1.165) is 44.4 Å². The van der Waals surface area contributed by atoms with E-state index in [1.54, 1.807) is 4.90 Å². The van der Waals surface area contributed by atoms with Gasteiger partial charge in [0.15, 0.2) is 0 Å². The molecule has 0 aromatic carbocycles. The van der Waals surface area contributed by atoms with Gasteiger partial charge in [-0.05, 0) is 64.1 Å². The molecule has 2 aliphatic rings. The zero-order chi connectivity index (χ0) is 17.4. The summed E-state index contributed by atoms with van der Waals surface area (Å²) >= 11 is 0. The molecule has 0 atom stereocenters. The third kappa shape index (κ3) is 5.76. The van der Waals surface area contributed by atoms with E-state index in [9.17, 15) is 9.59 Å². The normalized spacial score (nSPS) is 21.0. The topological polar surface area (TPSA) is 49.9 Å². The van der Waals surface area contributed by atoms with Crippen LogP contribution in [0, 0.1) is 11.8 Å². The summed E-state index contributed by atoms with van der Waals surface area (Å²) in [6.07, 6.45) is 8.82. The first-order valence-electron chi connectivity index (χ1n) is 9.76. The number of carbonyl (C=O) groups is 2. The summed E-state index contributed by atoms with van der Waals surface area (Å²) in [7, 11) is 2.19. The first kappa shape index (κ1) is 19.2. The summed E-state index contributed by atoms with van der Waals surface area (Å²) in [6, 6.07) is 0. The van der Waals surface area contributed by atoms with Crippen LogP contribution in [0.5, 0.6) is 0 Å². The number of nitrogens with zero attached hydrogens (tertiary/aromatic N) is 2. The minimum absolute atomic E-state index is 0.372. The molecule has 0 spiro atoms. The van der Waals surface area contributed by atoms with E-state index in [1.807, 2.05) is 0 Å². The summed E-state index contributed by atoms with van der Waals surface area (Å²) in [6.45, 7) is 6.31. The van der Waals surface area contributed by atoms with Crippen molar-refractivity contribution < 1.29 is 14.3 Å². The molecule has 0 aliphatic carbocycles. The molecule has 2 heterocycles. The molecular formula is C19H34N2O3. The van der Waals surface area contributed by atoms with Crippen LogP contribution in [-0.4, -0.2) is 61.5 Å². The highest BCUT2D eigenvalue weighted by molar-refractivity contribution is 6.32. The van der Waals surface area contributed by atoms with E-state index in [-0.39, 0.29) is 0 Å². The van der Waals surface area contributed by atoms with Crippen LogP contribution in [0.4, 0.5) is 0 Å². The van der Waals surface area contributed by atoms with Crippen molar-refractivity contribution in [3.8, 4) is 0 Å². The van der Waals surface area contributed by atoms with Crippen molar-refractivity contribution in [2.45, 2.75) is 58.3 Å². The van der Waals surface area contributed by atoms with Crippen LogP contribution in [0.25, 0.3) is 0 Å². The van der Waals surface area contributed by atoms with Crippen LogP contribution >= 0.6 is 0 Å². The number of unbranched alkanes of at least 4 members (excludes halogenated alkanes) is 3. The zero-order valence-electron chi connectivity index (χ0n) is 15.5. The molecule has 2 rings (SSSR count). The van der Waals surface area contributed by atoms with Crippen molar-refractivity contribution >= 4 is 11.9 Å². The molecule has 1 amide bonds. The van der Waals surface area contributed by atoms with Crippen molar-refractivity contribution in [3.63, 3.8) is 0 Å². The van der Waals surface area contributed by atoms with Gasteiger partial charge in [-0.25, -0.2) is 4.79 Å². The molecule has 0 bridgehead atoms. The first-order valence-corrected chi connectivity index (χ1v) is 9.76. The van der Waals surface area contributed by atoms with Crippen molar-refractivity contribution in [1.82, 2.24) is 9.80 Å². The molecular weight excluding hydrogens is 304 g/mol. The molecule has 0 aromatic heterocycles. The quantitative estimate of drug-likeness (QED) is 0.424. The van der Waals surface area contributed by atoms with Gasteiger partial charge >= 0.3 is 11.9 Å². The van der Waals surface area contributed by atoms with Gasteiger partial charge in [0.1, 0.15) is 0 Å². The van der Waals surface area contributed by atoms with Crippen molar-refractivity contribution in [2.24, 2.45) is 11.8 Å². The number of rotatable bonds is 6. The summed E-state index contributed by atoms with van der Waals surface area (Å²) in [4.78, 5) is 28.2. The Balaban J connectivity index is 1.65. The molecule has 2 fully saturated rings. The average Bonchev–Trinajstić information content (AvgIpc) is 2.61. The van der Waals surface area contributed by atoms with E-state index in [0.29, 0.717) is 25.6 Å². The van der Waals surface area contributed by atoms with E-state index >= 15 is 0 Å². The Labute approximate surface area is 146 Å². The third-order valence-corrected chi connectivity index (χ3v) is 5.66. The van der Waals surface area contributed by atoms with Gasteiger partial charge in [0.2, 0.25) is 0 Å². The Morgan fingerprint density at radius 1 is 0.917 bits per heavy atom.